The lowest BCUT2D eigenvalue weighted by Gasteiger charge is -2.37. The van der Waals surface area contributed by atoms with Gasteiger partial charge in [-0.25, -0.2) is 0 Å². The van der Waals surface area contributed by atoms with Gasteiger partial charge in [0.05, 0.1) is 6.61 Å². The molecule has 3 aromatic carbocycles. The highest BCUT2D eigenvalue weighted by molar-refractivity contribution is 5.64. The Hall–Kier alpha value is -2.78. The number of phenolic OH excluding ortho intramolecular Hbond substituents is 1. The van der Waals surface area contributed by atoms with Crippen molar-refractivity contribution < 1.29 is 14.6 Å². The maximum Gasteiger partial charge on any atom is 0.151 e. The predicted octanol–water partition coefficient (Wildman–Crippen LogP) is 4.63. The molecule has 3 nitrogen and oxygen atoms in total. The van der Waals surface area contributed by atoms with Crippen LogP contribution in [-0.4, -0.2) is 5.11 Å². The van der Waals surface area contributed by atoms with E-state index in [1.165, 1.54) is 5.56 Å². The van der Waals surface area contributed by atoms with Gasteiger partial charge in [0.2, 0.25) is 0 Å². The van der Waals surface area contributed by atoms with E-state index in [4.69, 9.17) is 9.47 Å². The Balaban J connectivity index is 1.88. The van der Waals surface area contributed by atoms with Gasteiger partial charge < -0.3 is 14.6 Å². The first-order valence-corrected chi connectivity index (χ1v) is 8.03. The Bertz CT molecular complexity index is 923. The van der Waals surface area contributed by atoms with E-state index in [2.05, 4.69) is 24.3 Å². The minimum absolute atomic E-state index is 0.186. The molecule has 2 aliphatic heterocycles. The molecule has 118 valence electrons. The molecule has 0 amide bonds. The molecule has 0 aromatic heterocycles. The van der Waals surface area contributed by atoms with Crippen molar-refractivity contribution in [2.24, 2.45) is 0 Å². The highest BCUT2D eigenvalue weighted by Gasteiger charge is 2.49. The van der Waals surface area contributed by atoms with Crippen LogP contribution in [-0.2, 0) is 16.9 Å². The summed E-state index contributed by atoms with van der Waals surface area (Å²) in [5, 5.41) is 9.90. The van der Waals surface area contributed by atoms with Gasteiger partial charge >= 0.3 is 0 Å². The average Bonchev–Trinajstić information content (AvgIpc) is 2.95. The molecule has 5 rings (SSSR count). The molecule has 3 heteroatoms. The van der Waals surface area contributed by atoms with Gasteiger partial charge in [0.1, 0.15) is 17.2 Å². The van der Waals surface area contributed by atoms with Crippen LogP contribution in [0.4, 0.5) is 0 Å². The summed E-state index contributed by atoms with van der Waals surface area (Å²) in [7, 11) is 0. The van der Waals surface area contributed by atoms with Crippen LogP contribution in [0.5, 0.6) is 17.2 Å². The first kappa shape index (κ1) is 13.6. The van der Waals surface area contributed by atoms with E-state index < -0.39 is 5.60 Å². The third kappa shape index (κ3) is 1.65. The molecule has 1 spiro atoms. The van der Waals surface area contributed by atoms with Crippen molar-refractivity contribution in [2.45, 2.75) is 19.1 Å². The molecular weight excluding hydrogens is 300 g/mol. The molecule has 0 bridgehead atoms. The second kappa shape index (κ2) is 4.62. The highest BCUT2D eigenvalue weighted by Crippen LogP contribution is 2.56. The van der Waals surface area contributed by atoms with E-state index in [9.17, 15) is 5.11 Å². The van der Waals surface area contributed by atoms with Crippen molar-refractivity contribution in [3.8, 4) is 17.2 Å². The molecule has 24 heavy (non-hydrogen) atoms. The Labute approximate surface area is 140 Å². The third-order valence-electron chi connectivity index (χ3n) is 4.92. The van der Waals surface area contributed by atoms with Crippen molar-refractivity contribution in [3.05, 3.63) is 88.5 Å². The van der Waals surface area contributed by atoms with Crippen molar-refractivity contribution in [3.63, 3.8) is 0 Å². The largest absolute Gasteiger partial charge is 0.508 e. The highest BCUT2D eigenvalue weighted by atomic mass is 16.5. The summed E-state index contributed by atoms with van der Waals surface area (Å²) in [6.45, 7) is 2.60. The molecular formula is C21H16O3. The number of rotatable bonds is 0. The van der Waals surface area contributed by atoms with Crippen LogP contribution >= 0.6 is 0 Å². The Kier molecular flexibility index (Phi) is 2.62. The number of aryl methyl sites for hydroxylation is 1. The Morgan fingerprint density at radius 1 is 0.875 bits per heavy atom. The molecule has 0 saturated heterocycles. The van der Waals surface area contributed by atoms with E-state index >= 15 is 0 Å². The van der Waals surface area contributed by atoms with E-state index in [1.54, 1.807) is 12.1 Å². The molecule has 0 fully saturated rings. The lowest BCUT2D eigenvalue weighted by Crippen LogP contribution is -2.32. The van der Waals surface area contributed by atoms with Gasteiger partial charge in [0.15, 0.2) is 5.60 Å². The minimum Gasteiger partial charge on any atom is -0.508 e. The first-order valence-electron chi connectivity index (χ1n) is 8.03. The van der Waals surface area contributed by atoms with Crippen molar-refractivity contribution in [1.82, 2.24) is 0 Å². The SMILES string of the molecule is Cc1ccc2c(c1)Oc1cc(O)ccc1C21OCc2ccccc21. The molecule has 0 aliphatic carbocycles. The van der Waals surface area contributed by atoms with E-state index in [0.29, 0.717) is 12.4 Å². The van der Waals surface area contributed by atoms with Gasteiger partial charge in [-0.15, -0.1) is 0 Å². The fourth-order valence-corrected chi connectivity index (χ4v) is 3.85. The Morgan fingerprint density at radius 3 is 2.50 bits per heavy atom. The second-order valence-electron chi connectivity index (χ2n) is 6.41. The molecule has 0 radical (unpaired) electrons. The van der Waals surface area contributed by atoms with Crippen LogP contribution in [0.3, 0.4) is 0 Å². The maximum absolute atomic E-state index is 9.90. The molecule has 1 unspecified atom stereocenters. The number of phenols is 1. The van der Waals surface area contributed by atoms with Crippen LogP contribution in [0.2, 0.25) is 0 Å². The molecule has 2 aliphatic rings. The monoisotopic (exact) mass is 316 g/mol. The molecule has 1 N–H and O–H groups in total. The quantitative estimate of drug-likeness (QED) is 0.657. The summed E-state index contributed by atoms with van der Waals surface area (Å²) in [6, 6.07) is 19.7. The third-order valence-corrected chi connectivity index (χ3v) is 4.92. The normalized spacial score (nSPS) is 20.2. The second-order valence-corrected chi connectivity index (χ2v) is 6.41. The van der Waals surface area contributed by atoms with Gasteiger partial charge in [-0.2, -0.15) is 0 Å². The number of fused-ring (bicyclic) bond motifs is 6. The summed E-state index contributed by atoms with van der Waals surface area (Å²) in [5.74, 6) is 1.61. The summed E-state index contributed by atoms with van der Waals surface area (Å²) < 4.78 is 12.5. The smallest absolute Gasteiger partial charge is 0.151 e. The lowest BCUT2D eigenvalue weighted by atomic mass is 9.77. The number of aromatic hydroxyl groups is 1. The van der Waals surface area contributed by atoms with E-state index in [0.717, 1.165) is 28.0 Å². The molecule has 2 heterocycles. The molecule has 1 atom stereocenters. The summed E-state index contributed by atoms with van der Waals surface area (Å²) in [4.78, 5) is 0. The Morgan fingerprint density at radius 2 is 1.62 bits per heavy atom. The van der Waals surface area contributed by atoms with Crippen LogP contribution < -0.4 is 4.74 Å². The minimum atomic E-state index is -0.680. The van der Waals surface area contributed by atoms with Gasteiger partial charge in [-0.1, -0.05) is 36.4 Å². The van der Waals surface area contributed by atoms with Gasteiger partial charge in [-0.05, 0) is 41.8 Å². The average molecular weight is 316 g/mol. The number of hydrogen-bond donors (Lipinski definition) is 1. The van der Waals surface area contributed by atoms with Gasteiger partial charge in [0, 0.05) is 17.2 Å². The zero-order valence-electron chi connectivity index (χ0n) is 13.2. The van der Waals surface area contributed by atoms with Crippen LogP contribution in [0.25, 0.3) is 0 Å². The topological polar surface area (TPSA) is 38.7 Å². The number of hydrogen-bond acceptors (Lipinski definition) is 3. The predicted molar refractivity (Wildman–Crippen MR) is 90.5 cm³/mol. The zero-order valence-corrected chi connectivity index (χ0v) is 13.2. The first-order chi connectivity index (χ1) is 11.7. The maximum atomic E-state index is 9.90. The molecule has 3 aromatic rings. The summed E-state index contributed by atoms with van der Waals surface area (Å²) in [6.07, 6.45) is 0. The lowest BCUT2D eigenvalue weighted by molar-refractivity contribution is 0.0199. The summed E-state index contributed by atoms with van der Waals surface area (Å²) in [5.41, 5.74) is 4.72. The van der Waals surface area contributed by atoms with Gasteiger partial charge in [0.25, 0.3) is 0 Å². The van der Waals surface area contributed by atoms with E-state index in [-0.39, 0.29) is 5.75 Å². The van der Waals surface area contributed by atoms with Crippen molar-refractivity contribution >= 4 is 0 Å². The fraction of sp³-hybridized carbons (Fsp3) is 0.143. The van der Waals surface area contributed by atoms with Crippen LogP contribution in [0.1, 0.15) is 27.8 Å². The van der Waals surface area contributed by atoms with Crippen molar-refractivity contribution in [2.75, 3.05) is 0 Å². The molecule has 0 saturated carbocycles. The number of benzene rings is 3. The zero-order chi connectivity index (χ0) is 16.3. The fourth-order valence-electron chi connectivity index (χ4n) is 3.85. The van der Waals surface area contributed by atoms with Crippen LogP contribution in [0.15, 0.2) is 60.7 Å². The standard InChI is InChI=1S/C21H16O3/c1-13-6-8-17-19(10-13)24-20-11-15(22)7-9-18(20)21(17)16-5-3-2-4-14(16)12-23-21/h2-11,22H,12H2,1H3. The van der Waals surface area contributed by atoms with Crippen molar-refractivity contribution in [1.29, 1.82) is 0 Å². The van der Waals surface area contributed by atoms with E-state index in [1.807, 2.05) is 31.2 Å². The van der Waals surface area contributed by atoms with Gasteiger partial charge in [-0.3, -0.25) is 0 Å². The number of ether oxygens (including phenoxy) is 2. The van der Waals surface area contributed by atoms with Crippen LogP contribution in [0, 0.1) is 6.92 Å². The summed E-state index contributed by atoms with van der Waals surface area (Å²) >= 11 is 0.